The highest BCUT2D eigenvalue weighted by Gasteiger charge is 2.30. The molecule has 1 rings (SSSR count). The molecule has 0 spiro atoms. The Morgan fingerprint density at radius 1 is 0.821 bits per heavy atom. The van der Waals surface area contributed by atoms with E-state index >= 15 is 0 Å². The summed E-state index contributed by atoms with van der Waals surface area (Å²) in [6.07, 6.45) is 0. The number of phosphoric acid groups is 2. The smallest absolute Gasteiger partial charge is 0.404 e. The lowest BCUT2D eigenvalue weighted by Crippen LogP contribution is -2.23. The minimum Gasteiger partial charge on any atom is -0.404 e. The van der Waals surface area contributed by atoms with E-state index in [1.165, 1.54) is 18.2 Å². The van der Waals surface area contributed by atoms with Gasteiger partial charge < -0.3 is 19.3 Å². The molecule has 0 aromatic heterocycles. The lowest BCUT2D eigenvalue weighted by molar-refractivity contribution is 0.0788. The van der Waals surface area contributed by atoms with Crippen LogP contribution in [0.4, 0.5) is 0 Å². The lowest BCUT2D eigenvalue weighted by Gasteiger charge is -2.23. The van der Waals surface area contributed by atoms with E-state index in [-0.39, 0.29) is 37.9 Å². The Balaban J connectivity index is 2.75. The summed E-state index contributed by atoms with van der Waals surface area (Å²) in [4.78, 5) is 19.6. The number of phosphoric ester groups is 2. The Hall–Kier alpha value is -0.960. The van der Waals surface area contributed by atoms with Crippen LogP contribution in [0, 0.1) is 10.8 Å². The molecule has 2 unspecified atom stereocenters. The molecule has 10 nitrogen and oxygen atoms in total. The summed E-state index contributed by atoms with van der Waals surface area (Å²) in [5.41, 5.74) is -1.48. The maximum atomic E-state index is 12.0. The zero-order valence-electron chi connectivity index (χ0n) is 16.3. The van der Waals surface area contributed by atoms with Crippen molar-refractivity contribution in [3.63, 3.8) is 0 Å². The van der Waals surface area contributed by atoms with E-state index in [0.29, 0.717) is 0 Å². The maximum Gasteiger partial charge on any atom is 0.527 e. The van der Waals surface area contributed by atoms with Gasteiger partial charge in [-0.1, -0.05) is 33.8 Å². The first-order chi connectivity index (χ1) is 12.7. The topological polar surface area (TPSA) is 152 Å². The predicted octanol–water partition coefficient (Wildman–Crippen LogP) is 2.72. The van der Waals surface area contributed by atoms with Crippen LogP contribution in [0.1, 0.15) is 27.7 Å². The fourth-order valence-electron chi connectivity index (χ4n) is 1.51. The number of hydrogen-bond donors (Lipinski definition) is 4. The number of hydrogen-bond acceptors (Lipinski definition) is 8. The van der Waals surface area contributed by atoms with Crippen LogP contribution in [0.2, 0.25) is 0 Å². The van der Waals surface area contributed by atoms with Gasteiger partial charge in [0.15, 0.2) is 0 Å². The largest absolute Gasteiger partial charge is 0.527 e. The van der Waals surface area contributed by atoms with Gasteiger partial charge >= 0.3 is 15.6 Å². The van der Waals surface area contributed by atoms with Crippen molar-refractivity contribution in [2.45, 2.75) is 27.7 Å². The standard InChI is InChI=1S/C16H28O10P2/c1-15(2,9-17)11-23-27(19,20)25-13-6-5-7-14(8-13)26-28(21,22)24-12-16(3,4)10-18/h5-8,17-18H,9-12H2,1-4H3,(H,19,20)(H,21,22). The van der Waals surface area contributed by atoms with Gasteiger partial charge in [0.05, 0.1) is 26.4 Å². The number of aliphatic hydroxyl groups excluding tert-OH is 2. The van der Waals surface area contributed by atoms with Gasteiger partial charge in [0, 0.05) is 16.9 Å². The third-order valence-corrected chi connectivity index (χ3v) is 5.13. The molecule has 28 heavy (non-hydrogen) atoms. The summed E-state index contributed by atoms with van der Waals surface area (Å²) in [6, 6.07) is 5.15. The SMILES string of the molecule is CC(C)(CO)COP(=O)(O)Oc1cccc(OP(=O)(O)OCC(C)(C)CO)c1. The molecule has 0 bridgehead atoms. The van der Waals surface area contributed by atoms with Crippen LogP contribution < -0.4 is 9.05 Å². The van der Waals surface area contributed by atoms with Crippen molar-refractivity contribution in [2.24, 2.45) is 10.8 Å². The Morgan fingerprint density at radius 3 is 1.50 bits per heavy atom. The van der Waals surface area contributed by atoms with Gasteiger partial charge in [-0.15, -0.1) is 0 Å². The molecule has 0 amide bonds. The van der Waals surface area contributed by atoms with Crippen molar-refractivity contribution in [2.75, 3.05) is 26.4 Å². The van der Waals surface area contributed by atoms with Gasteiger partial charge in [-0.2, -0.15) is 0 Å². The van der Waals surface area contributed by atoms with E-state index in [1.54, 1.807) is 27.7 Å². The van der Waals surface area contributed by atoms with Crippen LogP contribution in [0.25, 0.3) is 0 Å². The van der Waals surface area contributed by atoms with Crippen LogP contribution in [-0.2, 0) is 18.2 Å². The zero-order valence-corrected chi connectivity index (χ0v) is 18.1. The fraction of sp³-hybridized carbons (Fsp3) is 0.625. The van der Waals surface area contributed by atoms with Gasteiger partial charge in [0.2, 0.25) is 0 Å². The summed E-state index contributed by atoms with van der Waals surface area (Å²) >= 11 is 0. The fourth-order valence-corrected chi connectivity index (χ4v) is 3.40. The highest BCUT2D eigenvalue weighted by Crippen LogP contribution is 2.48. The minimum absolute atomic E-state index is 0.138. The monoisotopic (exact) mass is 442 g/mol. The second kappa shape index (κ2) is 9.69. The van der Waals surface area contributed by atoms with E-state index in [4.69, 9.17) is 28.3 Å². The molecule has 0 saturated carbocycles. The Morgan fingerprint density at radius 2 is 1.18 bits per heavy atom. The third-order valence-electron chi connectivity index (χ3n) is 3.34. The van der Waals surface area contributed by atoms with E-state index in [9.17, 15) is 18.9 Å². The molecule has 0 aliphatic heterocycles. The Bertz CT molecular complexity index is 677. The number of benzene rings is 1. The molecule has 0 aliphatic carbocycles. The van der Waals surface area contributed by atoms with Crippen molar-refractivity contribution in [1.82, 2.24) is 0 Å². The van der Waals surface area contributed by atoms with Crippen molar-refractivity contribution in [1.29, 1.82) is 0 Å². The summed E-state index contributed by atoms with van der Waals surface area (Å²) in [7, 11) is -8.98. The molecule has 0 radical (unpaired) electrons. The van der Waals surface area contributed by atoms with Crippen LogP contribution >= 0.6 is 15.6 Å². The van der Waals surface area contributed by atoms with Gasteiger partial charge in [-0.25, -0.2) is 9.13 Å². The highest BCUT2D eigenvalue weighted by molar-refractivity contribution is 7.48. The van der Waals surface area contributed by atoms with Crippen LogP contribution in [0.3, 0.4) is 0 Å². The number of aliphatic hydroxyl groups is 2. The Labute approximate surface area is 164 Å². The predicted molar refractivity (Wildman–Crippen MR) is 101 cm³/mol. The lowest BCUT2D eigenvalue weighted by atomic mass is 9.97. The average Bonchev–Trinajstić information content (AvgIpc) is 2.58. The highest BCUT2D eigenvalue weighted by atomic mass is 31.2. The minimum atomic E-state index is -4.49. The molecule has 0 saturated heterocycles. The van der Waals surface area contributed by atoms with E-state index in [1.807, 2.05) is 0 Å². The maximum absolute atomic E-state index is 12.0. The van der Waals surface area contributed by atoms with E-state index < -0.39 is 26.5 Å². The van der Waals surface area contributed by atoms with E-state index in [0.717, 1.165) is 6.07 Å². The molecule has 1 aromatic rings. The average molecular weight is 442 g/mol. The normalized spacial score (nSPS) is 16.9. The summed E-state index contributed by atoms with van der Waals surface area (Å²) in [6.45, 7) is 5.58. The Kier molecular flexibility index (Phi) is 8.68. The third kappa shape index (κ3) is 9.49. The van der Waals surface area contributed by atoms with Crippen LogP contribution in [0.15, 0.2) is 24.3 Å². The van der Waals surface area contributed by atoms with Crippen molar-refractivity contribution in [3.05, 3.63) is 24.3 Å². The molecule has 2 atom stereocenters. The first kappa shape index (κ1) is 25.1. The summed E-state index contributed by atoms with van der Waals surface area (Å²) < 4.78 is 43.6. The van der Waals surface area contributed by atoms with Crippen molar-refractivity contribution >= 4 is 15.6 Å². The molecule has 162 valence electrons. The molecule has 12 heteroatoms. The van der Waals surface area contributed by atoms with Gasteiger partial charge in [-0.3, -0.25) is 18.8 Å². The summed E-state index contributed by atoms with van der Waals surface area (Å²) in [5, 5.41) is 18.3. The summed E-state index contributed by atoms with van der Waals surface area (Å²) in [5.74, 6) is -0.276. The zero-order chi connectivity index (χ0) is 21.6. The second-order valence-electron chi connectivity index (χ2n) is 7.79. The van der Waals surface area contributed by atoms with Crippen LogP contribution in [-0.4, -0.2) is 46.4 Å². The first-order valence-corrected chi connectivity index (χ1v) is 11.3. The van der Waals surface area contributed by atoms with Gasteiger partial charge in [-0.05, 0) is 12.1 Å². The molecule has 1 aromatic carbocycles. The molecule has 0 aliphatic rings. The second-order valence-corrected chi connectivity index (χ2v) is 10.5. The van der Waals surface area contributed by atoms with Crippen molar-refractivity contribution < 1.29 is 47.2 Å². The quantitative estimate of drug-likeness (QED) is 0.356. The molecular weight excluding hydrogens is 414 g/mol. The molecule has 4 N–H and O–H groups in total. The molecule has 0 fully saturated rings. The molecular formula is C16H28O10P2. The van der Waals surface area contributed by atoms with Crippen molar-refractivity contribution in [3.8, 4) is 11.5 Å². The first-order valence-electron chi connectivity index (χ1n) is 8.35. The van der Waals surface area contributed by atoms with E-state index in [2.05, 4.69) is 0 Å². The van der Waals surface area contributed by atoms with Gasteiger partial charge in [0.25, 0.3) is 0 Å². The van der Waals surface area contributed by atoms with Gasteiger partial charge in [0.1, 0.15) is 11.5 Å². The number of rotatable bonds is 12. The molecule has 0 heterocycles. The van der Waals surface area contributed by atoms with Crippen LogP contribution in [0.5, 0.6) is 11.5 Å².